The molecule has 2 N–H and O–H groups in total. The summed E-state index contributed by atoms with van der Waals surface area (Å²) in [6.07, 6.45) is 10.5. The SMILES string of the molecule is Cl.Cl.NC1CCCC(C(=O)N2CCCC(N3CCCC3)CC2)C1. The highest BCUT2D eigenvalue weighted by Gasteiger charge is 2.31. The highest BCUT2D eigenvalue weighted by atomic mass is 35.5. The number of amides is 1. The summed E-state index contributed by atoms with van der Waals surface area (Å²) in [4.78, 5) is 17.5. The monoisotopic (exact) mass is 365 g/mol. The molecule has 2 heterocycles. The minimum absolute atomic E-state index is 0. The molecule has 6 heteroatoms. The van der Waals surface area contributed by atoms with Gasteiger partial charge in [0.15, 0.2) is 0 Å². The van der Waals surface area contributed by atoms with Gasteiger partial charge in [0.05, 0.1) is 0 Å². The second-order valence-corrected chi connectivity index (χ2v) is 7.28. The van der Waals surface area contributed by atoms with Crippen LogP contribution in [0.2, 0.25) is 0 Å². The average Bonchev–Trinajstić information content (AvgIpc) is 2.91. The first-order valence-electron chi connectivity index (χ1n) is 9.02. The van der Waals surface area contributed by atoms with E-state index in [2.05, 4.69) is 9.80 Å². The zero-order valence-corrected chi connectivity index (χ0v) is 15.8. The van der Waals surface area contributed by atoms with Gasteiger partial charge in [-0.3, -0.25) is 4.79 Å². The van der Waals surface area contributed by atoms with Crippen LogP contribution in [0.15, 0.2) is 0 Å². The molecule has 0 aromatic rings. The minimum atomic E-state index is 0. The molecule has 2 saturated heterocycles. The van der Waals surface area contributed by atoms with E-state index in [1.165, 1.54) is 45.2 Å². The number of rotatable bonds is 2. The van der Waals surface area contributed by atoms with Crippen molar-refractivity contribution in [3.05, 3.63) is 0 Å². The molecule has 1 amide bonds. The first-order chi connectivity index (χ1) is 10.2. The molecule has 0 spiro atoms. The van der Waals surface area contributed by atoms with Gasteiger partial charge in [-0.1, -0.05) is 6.42 Å². The molecule has 1 saturated carbocycles. The van der Waals surface area contributed by atoms with Crippen LogP contribution < -0.4 is 5.73 Å². The van der Waals surface area contributed by atoms with E-state index in [1.807, 2.05) is 0 Å². The Hall–Kier alpha value is -0.0300. The van der Waals surface area contributed by atoms with Gasteiger partial charge in [-0.05, 0) is 64.5 Å². The molecule has 23 heavy (non-hydrogen) atoms. The maximum Gasteiger partial charge on any atom is 0.225 e. The zero-order valence-electron chi connectivity index (χ0n) is 14.1. The molecule has 0 aromatic heterocycles. The summed E-state index contributed by atoms with van der Waals surface area (Å²) < 4.78 is 0. The number of hydrogen-bond acceptors (Lipinski definition) is 3. The Morgan fingerprint density at radius 2 is 1.57 bits per heavy atom. The number of halogens is 2. The van der Waals surface area contributed by atoms with Crippen molar-refractivity contribution in [3.8, 4) is 0 Å². The molecule has 4 nitrogen and oxygen atoms in total. The molecule has 0 radical (unpaired) electrons. The van der Waals surface area contributed by atoms with Crippen molar-refractivity contribution in [2.75, 3.05) is 26.2 Å². The average molecular weight is 366 g/mol. The standard InChI is InChI=1S/C17H31N3O.2ClH/c18-15-6-3-5-14(13-15)17(21)20-11-4-7-16(8-12-20)19-9-1-2-10-19;;/h14-16H,1-13,18H2;2*1H. The summed E-state index contributed by atoms with van der Waals surface area (Å²) >= 11 is 0. The van der Waals surface area contributed by atoms with E-state index in [0.717, 1.165) is 44.8 Å². The van der Waals surface area contributed by atoms with Crippen LogP contribution in [0.25, 0.3) is 0 Å². The van der Waals surface area contributed by atoms with Crippen LogP contribution >= 0.6 is 24.8 Å². The number of nitrogens with two attached hydrogens (primary N) is 1. The number of carbonyl (C=O) groups is 1. The number of nitrogens with zero attached hydrogens (tertiary/aromatic N) is 2. The van der Waals surface area contributed by atoms with Gasteiger partial charge in [-0.25, -0.2) is 0 Å². The van der Waals surface area contributed by atoms with Crippen LogP contribution in [0.1, 0.15) is 57.8 Å². The largest absolute Gasteiger partial charge is 0.342 e. The molecule has 3 fully saturated rings. The molecule has 3 aliphatic rings. The van der Waals surface area contributed by atoms with Crippen molar-refractivity contribution in [1.29, 1.82) is 0 Å². The Morgan fingerprint density at radius 3 is 2.26 bits per heavy atom. The molecule has 136 valence electrons. The maximum atomic E-state index is 12.7. The number of carbonyl (C=O) groups excluding carboxylic acids is 1. The summed E-state index contributed by atoms with van der Waals surface area (Å²) in [7, 11) is 0. The summed E-state index contributed by atoms with van der Waals surface area (Å²) in [5.41, 5.74) is 6.05. The first-order valence-corrected chi connectivity index (χ1v) is 9.02. The predicted molar refractivity (Wildman–Crippen MR) is 99.5 cm³/mol. The third-order valence-electron chi connectivity index (χ3n) is 5.73. The lowest BCUT2D eigenvalue weighted by molar-refractivity contribution is -0.136. The van der Waals surface area contributed by atoms with Crippen LogP contribution in [-0.2, 0) is 4.79 Å². The van der Waals surface area contributed by atoms with E-state index in [4.69, 9.17) is 5.73 Å². The summed E-state index contributed by atoms with van der Waals surface area (Å²) in [6.45, 7) is 4.48. The molecule has 0 aromatic carbocycles. The highest BCUT2D eigenvalue weighted by Crippen LogP contribution is 2.27. The Morgan fingerprint density at radius 1 is 0.826 bits per heavy atom. The topological polar surface area (TPSA) is 49.6 Å². The van der Waals surface area contributed by atoms with Gasteiger partial charge in [0.25, 0.3) is 0 Å². The summed E-state index contributed by atoms with van der Waals surface area (Å²) in [6, 6.07) is 0.968. The fraction of sp³-hybridized carbons (Fsp3) is 0.941. The maximum absolute atomic E-state index is 12.7. The molecule has 3 rings (SSSR count). The van der Waals surface area contributed by atoms with E-state index < -0.39 is 0 Å². The van der Waals surface area contributed by atoms with Crippen molar-refractivity contribution in [3.63, 3.8) is 0 Å². The van der Waals surface area contributed by atoms with Crippen LogP contribution in [0.5, 0.6) is 0 Å². The Balaban J connectivity index is 0.00000132. The normalized spacial score (nSPS) is 32.6. The van der Waals surface area contributed by atoms with Gasteiger partial charge in [0.2, 0.25) is 5.91 Å². The zero-order chi connectivity index (χ0) is 14.7. The summed E-state index contributed by atoms with van der Waals surface area (Å²) in [5, 5.41) is 0. The minimum Gasteiger partial charge on any atom is -0.342 e. The van der Waals surface area contributed by atoms with E-state index in [1.54, 1.807) is 0 Å². The Bertz CT molecular complexity index is 364. The third-order valence-corrected chi connectivity index (χ3v) is 5.73. The van der Waals surface area contributed by atoms with Crippen LogP contribution in [0.4, 0.5) is 0 Å². The molecule has 3 unspecified atom stereocenters. The number of likely N-dealkylation sites (tertiary alicyclic amines) is 2. The van der Waals surface area contributed by atoms with Crippen LogP contribution in [-0.4, -0.2) is 54.0 Å². The second-order valence-electron chi connectivity index (χ2n) is 7.28. The van der Waals surface area contributed by atoms with Crippen molar-refractivity contribution in [2.45, 2.75) is 69.9 Å². The molecule has 0 bridgehead atoms. The van der Waals surface area contributed by atoms with Crippen LogP contribution in [0.3, 0.4) is 0 Å². The fourth-order valence-corrected chi connectivity index (χ4v) is 4.48. The quantitative estimate of drug-likeness (QED) is 0.818. The van der Waals surface area contributed by atoms with Gasteiger partial charge < -0.3 is 15.5 Å². The summed E-state index contributed by atoms with van der Waals surface area (Å²) in [5.74, 6) is 0.601. The highest BCUT2D eigenvalue weighted by molar-refractivity contribution is 5.85. The first kappa shape index (κ1) is 21.0. The second kappa shape index (κ2) is 10.1. The van der Waals surface area contributed by atoms with Gasteiger partial charge in [-0.15, -0.1) is 24.8 Å². The molecule has 3 atom stereocenters. The van der Waals surface area contributed by atoms with Crippen molar-refractivity contribution >= 4 is 30.7 Å². The van der Waals surface area contributed by atoms with E-state index >= 15 is 0 Å². The predicted octanol–water partition coefficient (Wildman–Crippen LogP) is 2.82. The molecular weight excluding hydrogens is 333 g/mol. The van der Waals surface area contributed by atoms with Gasteiger partial charge in [0, 0.05) is 31.1 Å². The third kappa shape index (κ3) is 5.48. The van der Waals surface area contributed by atoms with Crippen molar-refractivity contribution in [2.24, 2.45) is 11.7 Å². The van der Waals surface area contributed by atoms with Gasteiger partial charge >= 0.3 is 0 Å². The fourth-order valence-electron chi connectivity index (χ4n) is 4.48. The molecule has 2 aliphatic heterocycles. The molecule has 1 aliphatic carbocycles. The van der Waals surface area contributed by atoms with Crippen molar-refractivity contribution < 1.29 is 4.79 Å². The lowest BCUT2D eigenvalue weighted by Crippen LogP contribution is -2.41. The lowest BCUT2D eigenvalue weighted by atomic mass is 9.85. The number of hydrogen-bond donors (Lipinski definition) is 1. The smallest absolute Gasteiger partial charge is 0.225 e. The Labute approximate surface area is 153 Å². The van der Waals surface area contributed by atoms with Crippen LogP contribution in [0, 0.1) is 5.92 Å². The molecular formula is C17H33Cl2N3O. The lowest BCUT2D eigenvalue weighted by Gasteiger charge is -2.31. The van der Waals surface area contributed by atoms with E-state index in [9.17, 15) is 4.79 Å². The van der Waals surface area contributed by atoms with Gasteiger partial charge in [-0.2, -0.15) is 0 Å². The van der Waals surface area contributed by atoms with E-state index in [-0.39, 0.29) is 36.8 Å². The van der Waals surface area contributed by atoms with Gasteiger partial charge in [0.1, 0.15) is 0 Å². The van der Waals surface area contributed by atoms with E-state index in [0.29, 0.717) is 5.91 Å². The van der Waals surface area contributed by atoms with Crippen molar-refractivity contribution in [1.82, 2.24) is 9.80 Å². The Kier molecular flexibility index (Phi) is 9.20.